The van der Waals surface area contributed by atoms with Gasteiger partial charge in [0.05, 0.1) is 5.94 Å². The molecule has 0 heterocycles. The van der Waals surface area contributed by atoms with Gasteiger partial charge in [0.25, 0.3) is 5.91 Å². The largest absolute Gasteiger partial charge is 0.475 e. The molecule has 0 radical (unpaired) electrons. The van der Waals surface area contributed by atoms with Crippen LogP contribution in [0.15, 0.2) is 54.6 Å². The summed E-state index contributed by atoms with van der Waals surface area (Å²) in [5.74, 6) is -1.26. The summed E-state index contributed by atoms with van der Waals surface area (Å²) in [6.07, 6.45) is 0.396. The first-order chi connectivity index (χ1) is 13.4. The third kappa shape index (κ3) is 6.51. The Hall–Kier alpha value is -2.64. The molecule has 1 unspecified atom stereocenters. The molecule has 148 valence electrons. The van der Waals surface area contributed by atoms with Crippen molar-refractivity contribution in [2.24, 2.45) is 0 Å². The van der Waals surface area contributed by atoms with Crippen LogP contribution in [0.3, 0.4) is 0 Å². The second-order valence-corrected chi connectivity index (χ2v) is 6.78. The lowest BCUT2D eigenvalue weighted by Crippen LogP contribution is -2.48. The van der Waals surface area contributed by atoms with Crippen LogP contribution < -0.4 is 5.32 Å². The third-order valence-electron chi connectivity index (χ3n) is 4.58. The average Bonchev–Trinajstić information content (AvgIpc) is 2.69. The summed E-state index contributed by atoms with van der Waals surface area (Å²) in [5, 5.41) is 21.8. The van der Waals surface area contributed by atoms with Crippen LogP contribution >= 0.6 is 0 Å². The fourth-order valence-corrected chi connectivity index (χ4v) is 2.90. The maximum Gasteiger partial charge on any atom is 0.475 e. The molecule has 2 aromatic carbocycles. The maximum absolute atomic E-state index is 12.6. The van der Waals surface area contributed by atoms with Gasteiger partial charge in [-0.1, -0.05) is 48.0 Å². The number of nitrogens with one attached hydrogen (secondary N) is 1. The fraction of sp³-hybridized carbons (Fsp3) is 0.333. The van der Waals surface area contributed by atoms with Crippen LogP contribution in [0.25, 0.3) is 0 Å². The van der Waals surface area contributed by atoms with Gasteiger partial charge in [0, 0.05) is 25.1 Å². The second-order valence-electron chi connectivity index (χ2n) is 6.78. The first-order valence-electron chi connectivity index (χ1n) is 9.46. The standard InChI is InChI=1S/C21H27BN2O4/c1-3-24(21(26)18-11-9-16(2)10-12-18)14-13-20(25)23-19(22(27)28)15-17-7-5-4-6-8-17/h4-12,19,27-28H,3,13-15H2,1-2H3,(H,23,25). The van der Waals surface area contributed by atoms with E-state index in [0.717, 1.165) is 11.1 Å². The Labute approximate surface area is 166 Å². The van der Waals surface area contributed by atoms with Crippen LogP contribution in [0.2, 0.25) is 0 Å². The van der Waals surface area contributed by atoms with Gasteiger partial charge in [-0.2, -0.15) is 0 Å². The summed E-state index contributed by atoms with van der Waals surface area (Å²) in [6.45, 7) is 4.56. The summed E-state index contributed by atoms with van der Waals surface area (Å²) in [5.41, 5.74) is 2.55. The second kappa shape index (κ2) is 10.6. The summed E-state index contributed by atoms with van der Waals surface area (Å²) in [6, 6.07) is 16.6. The molecule has 0 aliphatic heterocycles. The summed E-state index contributed by atoms with van der Waals surface area (Å²) in [4.78, 5) is 26.5. The van der Waals surface area contributed by atoms with E-state index in [2.05, 4.69) is 5.32 Å². The Kier molecular flexibility index (Phi) is 8.23. The zero-order valence-electron chi connectivity index (χ0n) is 16.3. The Morgan fingerprint density at radius 1 is 1.07 bits per heavy atom. The van der Waals surface area contributed by atoms with Gasteiger partial charge >= 0.3 is 7.12 Å². The smallest absolute Gasteiger partial charge is 0.426 e. The van der Waals surface area contributed by atoms with E-state index in [1.807, 2.05) is 56.3 Å². The maximum atomic E-state index is 12.6. The number of amides is 2. The van der Waals surface area contributed by atoms with Crippen molar-refractivity contribution >= 4 is 18.9 Å². The van der Waals surface area contributed by atoms with E-state index in [1.54, 1.807) is 17.0 Å². The molecule has 3 N–H and O–H groups in total. The normalized spacial score (nSPS) is 11.6. The minimum atomic E-state index is -1.67. The van der Waals surface area contributed by atoms with Crippen molar-refractivity contribution in [1.29, 1.82) is 0 Å². The molecule has 0 saturated carbocycles. The Bertz CT molecular complexity index is 766. The summed E-state index contributed by atoms with van der Waals surface area (Å²) < 4.78 is 0. The van der Waals surface area contributed by atoms with Crippen molar-refractivity contribution in [3.63, 3.8) is 0 Å². The van der Waals surface area contributed by atoms with Gasteiger partial charge < -0.3 is 20.3 Å². The van der Waals surface area contributed by atoms with Crippen molar-refractivity contribution in [3.8, 4) is 0 Å². The van der Waals surface area contributed by atoms with Gasteiger partial charge in [-0.25, -0.2) is 0 Å². The van der Waals surface area contributed by atoms with Crippen LogP contribution in [0, 0.1) is 6.92 Å². The van der Waals surface area contributed by atoms with Crippen LogP contribution in [-0.4, -0.2) is 52.9 Å². The Morgan fingerprint density at radius 2 is 1.71 bits per heavy atom. The van der Waals surface area contributed by atoms with E-state index in [1.165, 1.54) is 0 Å². The van der Waals surface area contributed by atoms with E-state index in [0.29, 0.717) is 18.5 Å². The lowest BCUT2D eigenvalue weighted by atomic mass is 9.76. The highest BCUT2D eigenvalue weighted by Gasteiger charge is 2.26. The number of benzene rings is 2. The monoisotopic (exact) mass is 382 g/mol. The number of aryl methyl sites for hydroxylation is 1. The minimum Gasteiger partial charge on any atom is -0.426 e. The van der Waals surface area contributed by atoms with Gasteiger partial charge in [0.1, 0.15) is 0 Å². The quantitative estimate of drug-likeness (QED) is 0.575. The fourth-order valence-electron chi connectivity index (χ4n) is 2.90. The Morgan fingerprint density at radius 3 is 2.29 bits per heavy atom. The zero-order chi connectivity index (χ0) is 20.5. The molecule has 2 aromatic rings. The van der Waals surface area contributed by atoms with Gasteiger partial charge in [-0.05, 0) is 38.0 Å². The number of carbonyl (C=O) groups excluding carboxylic acids is 2. The van der Waals surface area contributed by atoms with E-state index in [9.17, 15) is 19.6 Å². The first-order valence-corrected chi connectivity index (χ1v) is 9.46. The predicted molar refractivity (Wildman–Crippen MR) is 110 cm³/mol. The Balaban J connectivity index is 1.91. The molecule has 0 spiro atoms. The van der Waals surface area contributed by atoms with Gasteiger partial charge in [-0.15, -0.1) is 0 Å². The van der Waals surface area contributed by atoms with Crippen molar-refractivity contribution < 1.29 is 19.6 Å². The average molecular weight is 382 g/mol. The molecule has 28 heavy (non-hydrogen) atoms. The molecule has 7 heteroatoms. The van der Waals surface area contributed by atoms with Crippen LogP contribution in [0.4, 0.5) is 0 Å². The molecular weight excluding hydrogens is 355 g/mol. The molecule has 0 bridgehead atoms. The number of hydrogen-bond acceptors (Lipinski definition) is 4. The van der Waals surface area contributed by atoms with E-state index < -0.39 is 13.1 Å². The number of carbonyl (C=O) groups is 2. The minimum absolute atomic E-state index is 0.0868. The number of nitrogens with zero attached hydrogens (tertiary/aromatic N) is 1. The topological polar surface area (TPSA) is 89.9 Å². The molecule has 6 nitrogen and oxygen atoms in total. The molecule has 0 saturated heterocycles. The summed E-state index contributed by atoms with van der Waals surface area (Å²) in [7, 11) is -1.67. The third-order valence-corrected chi connectivity index (χ3v) is 4.58. The highest BCUT2D eigenvalue weighted by atomic mass is 16.4. The SMILES string of the molecule is CCN(CCC(=O)NC(Cc1ccccc1)B(O)O)C(=O)c1ccc(C)cc1. The molecule has 0 aliphatic rings. The molecule has 2 amide bonds. The zero-order valence-corrected chi connectivity index (χ0v) is 16.3. The van der Waals surface area contributed by atoms with Crippen LogP contribution in [-0.2, 0) is 11.2 Å². The van der Waals surface area contributed by atoms with Crippen molar-refractivity contribution in [2.45, 2.75) is 32.6 Å². The van der Waals surface area contributed by atoms with Crippen molar-refractivity contribution in [2.75, 3.05) is 13.1 Å². The molecule has 1 atom stereocenters. The first kappa shape index (κ1) is 21.7. The van der Waals surface area contributed by atoms with E-state index in [4.69, 9.17) is 0 Å². The highest BCUT2D eigenvalue weighted by Crippen LogP contribution is 2.08. The summed E-state index contributed by atoms with van der Waals surface area (Å²) >= 11 is 0. The van der Waals surface area contributed by atoms with Gasteiger partial charge in [0.2, 0.25) is 5.91 Å². The lowest BCUT2D eigenvalue weighted by molar-refractivity contribution is -0.121. The lowest BCUT2D eigenvalue weighted by Gasteiger charge is -2.22. The molecule has 0 aliphatic carbocycles. The van der Waals surface area contributed by atoms with Gasteiger partial charge in [-0.3, -0.25) is 9.59 Å². The van der Waals surface area contributed by atoms with Crippen LogP contribution in [0.5, 0.6) is 0 Å². The van der Waals surface area contributed by atoms with E-state index in [-0.39, 0.29) is 24.8 Å². The highest BCUT2D eigenvalue weighted by molar-refractivity contribution is 6.43. The molecule has 2 rings (SSSR count). The van der Waals surface area contributed by atoms with Crippen molar-refractivity contribution in [3.05, 3.63) is 71.3 Å². The predicted octanol–water partition coefficient (Wildman–Crippen LogP) is 1.59. The molecule has 0 fully saturated rings. The molecular formula is C21H27BN2O4. The number of hydrogen-bond donors (Lipinski definition) is 3. The number of rotatable bonds is 9. The van der Waals surface area contributed by atoms with Crippen LogP contribution in [0.1, 0.15) is 34.8 Å². The van der Waals surface area contributed by atoms with E-state index >= 15 is 0 Å². The van der Waals surface area contributed by atoms with Gasteiger partial charge in [0.15, 0.2) is 0 Å². The van der Waals surface area contributed by atoms with Crippen molar-refractivity contribution in [1.82, 2.24) is 10.2 Å². The molecule has 0 aromatic heterocycles.